The van der Waals surface area contributed by atoms with E-state index in [-0.39, 0.29) is 47.2 Å². The summed E-state index contributed by atoms with van der Waals surface area (Å²) in [5.41, 5.74) is 4.64. The van der Waals surface area contributed by atoms with Gasteiger partial charge < -0.3 is 9.84 Å². The van der Waals surface area contributed by atoms with Gasteiger partial charge in [0.25, 0.3) is 0 Å². The van der Waals surface area contributed by atoms with Crippen molar-refractivity contribution in [3.05, 3.63) is 39.3 Å². The Balaban J connectivity index is 1.57. The molecule has 11 heteroatoms. The van der Waals surface area contributed by atoms with Crippen LogP contribution in [0.3, 0.4) is 0 Å². The second-order valence-corrected chi connectivity index (χ2v) is 12.6. The van der Waals surface area contributed by atoms with Gasteiger partial charge in [-0.2, -0.15) is 0 Å². The van der Waals surface area contributed by atoms with Crippen LogP contribution in [0.5, 0.6) is 0 Å². The molecule has 0 spiro atoms. The molecule has 1 aromatic carbocycles. The Hall–Kier alpha value is -2.65. The summed E-state index contributed by atoms with van der Waals surface area (Å²) in [6.07, 6.45) is 4.13. The van der Waals surface area contributed by atoms with Gasteiger partial charge in [-0.15, -0.1) is 0 Å². The van der Waals surface area contributed by atoms with Crippen molar-refractivity contribution >= 4 is 17.4 Å². The first-order valence-corrected chi connectivity index (χ1v) is 13.7. The van der Waals surface area contributed by atoms with Crippen LogP contribution in [-0.4, -0.2) is 29.1 Å². The van der Waals surface area contributed by atoms with Crippen LogP contribution in [0, 0.1) is 63.7 Å². The molecule has 1 aromatic rings. The first-order valence-electron chi connectivity index (χ1n) is 13.7. The summed E-state index contributed by atoms with van der Waals surface area (Å²) in [7, 11) is 0. The van der Waals surface area contributed by atoms with Gasteiger partial charge in [0.1, 0.15) is 23.1 Å². The van der Waals surface area contributed by atoms with E-state index in [1.54, 1.807) is 6.92 Å². The van der Waals surface area contributed by atoms with Gasteiger partial charge in [-0.05, 0) is 92.4 Å². The maximum absolute atomic E-state index is 14.9. The smallest absolute Gasteiger partial charge is 0.344 e. The standard InChI is InChI=1S/C28H33F4N3O4/c1-12(36)16-6-7-17-15-5-4-13-10-14(37)8-9-27(13,2)20(15)18(11-28(16,17)3)39-26(38)19-21(29)23(31)25(34-35-33)24(32)22(19)30/h13-18,20,37H,4-11H2,1-3H3/t13-,14+,15-,16+,17-,18-,20+,27-,28+/m0/s1. The van der Waals surface area contributed by atoms with Crippen molar-refractivity contribution in [3.8, 4) is 0 Å². The van der Waals surface area contributed by atoms with Crippen molar-refractivity contribution in [1.29, 1.82) is 0 Å². The van der Waals surface area contributed by atoms with E-state index in [2.05, 4.69) is 16.9 Å². The van der Waals surface area contributed by atoms with E-state index in [1.807, 2.05) is 6.92 Å². The monoisotopic (exact) mass is 551 g/mol. The number of Topliss-reactive ketones (excluding diaryl/α,β-unsaturated/α-hetero) is 1. The number of benzene rings is 1. The zero-order chi connectivity index (χ0) is 28.4. The molecule has 5 rings (SSSR count). The lowest BCUT2D eigenvalue weighted by Gasteiger charge is -2.62. The molecule has 0 radical (unpaired) electrons. The number of halogens is 4. The number of azide groups is 1. The number of nitrogens with zero attached hydrogens (tertiary/aromatic N) is 3. The highest BCUT2D eigenvalue weighted by atomic mass is 19.2. The summed E-state index contributed by atoms with van der Waals surface area (Å²) in [5, 5.41) is 13.0. The number of hydrogen-bond acceptors (Lipinski definition) is 5. The van der Waals surface area contributed by atoms with Crippen molar-refractivity contribution in [1.82, 2.24) is 0 Å². The Morgan fingerprint density at radius 2 is 1.67 bits per heavy atom. The zero-order valence-electron chi connectivity index (χ0n) is 22.2. The van der Waals surface area contributed by atoms with Gasteiger partial charge in [0.05, 0.1) is 6.10 Å². The highest BCUT2D eigenvalue weighted by Crippen LogP contribution is 2.68. The molecule has 0 aromatic heterocycles. The van der Waals surface area contributed by atoms with E-state index in [4.69, 9.17) is 10.3 Å². The van der Waals surface area contributed by atoms with E-state index in [9.17, 15) is 32.3 Å². The molecule has 0 heterocycles. The fourth-order valence-electron chi connectivity index (χ4n) is 9.23. The van der Waals surface area contributed by atoms with Crippen LogP contribution in [0.4, 0.5) is 23.2 Å². The fraction of sp³-hybridized carbons (Fsp3) is 0.714. The predicted octanol–water partition coefficient (Wildman–Crippen LogP) is 6.93. The molecule has 4 aliphatic carbocycles. The van der Waals surface area contributed by atoms with Crippen LogP contribution in [0.1, 0.15) is 82.5 Å². The number of ketones is 1. The summed E-state index contributed by atoms with van der Waals surface area (Å²) in [4.78, 5) is 28.1. The molecule has 0 unspecified atom stereocenters. The average Bonchev–Trinajstić information content (AvgIpc) is 3.22. The van der Waals surface area contributed by atoms with Crippen molar-refractivity contribution in [2.24, 2.45) is 45.5 Å². The van der Waals surface area contributed by atoms with E-state index >= 15 is 0 Å². The molecule has 7 nitrogen and oxygen atoms in total. The average molecular weight is 552 g/mol. The van der Waals surface area contributed by atoms with Crippen LogP contribution in [0.15, 0.2) is 5.11 Å². The quantitative estimate of drug-likeness (QED) is 0.109. The molecule has 0 aliphatic heterocycles. The number of fused-ring (bicyclic) bond motifs is 5. The van der Waals surface area contributed by atoms with E-state index in [1.165, 1.54) is 0 Å². The van der Waals surface area contributed by atoms with Crippen LogP contribution < -0.4 is 0 Å². The number of hydrogen-bond donors (Lipinski definition) is 1. The second-order valence-electron chi connectivity index (χ2n) is 12.6. The fourth-order valence-corrected chi connectivity index (χ4v) is 9.23. The van der Waals surface area contributed by atoms with Crippen molar-refractivity contribution in [2.45, 2.75) is 84.3 Å². The van der Waals surface area contributed by atoms with Crippen molar-refractivity contribution in [3.63, 3.8) is 0 Å². The lowest BCUT2D eigenvalue weighted by atomic mass is 9.43. The minimum atomic E-state index is -1.99. The summed E-state index contributed by atoms with van der Waals surface area (Å²) < 4.78 is 64.5. The van der Waals surface area contributed by atoms with Gasteiger partial charge in [0, 0.05) is 16.7 Å². The van der Waals surface area contributed by atoms with Crippen LogP contribution in [0.2, 0.25) is 0 Å². The van der Waals surface area contributed by atoms with Crippen molar-refractivity contribution in [2.75, 3.05) is 0 Å². The molecule has 4 aliphatic rings. The number of carbonyl (C=O) groups is 2. The third-order valence-corrected chi connectivity index (χ3v) is 10.9. The number of rotatable bonds is 4. The number of aliphatic hydroxyl groups is 1. The Morgan fingerprint density at radius 1 is 1.00 bits per heavy atom. The third kappa shape index (κ3) is 4.15. The zero-order valence-corrected chi connectivity index (χ0v) is 22.2. The molecular formula is C28H33F4N3O4. The molecule has 1 N–H and O–H groups in total. The minimum Gasteiger partial charge on any atom is -0.458 e. The van der Waals surface area contributed by atoms with Crippen LogP contribution in [0.25, 0.3) is 10.4 Å². The van der Waals surface area contributed by atoms with E-state index in [0.717, 1.165) is 19.3 Å². The van der Waals surface area contributed by atoms with Gasteiger partial charge in [-0.25, -0.2) is 22.4 Å². The lowest BCUT2D eigenvalue weighted by Crippen LogP contribution is -2.60. The van der Waals surface area contributed by atoms with Crippen LogP contribution >= 0.6 is 0 Å². The maximum atomic E-state index is 14.9. The molecule has 0 saturated heterocycles. The van der Waals surface area contributed by atoms with Gasteiger partial charge in [-0.3, -0.25) is 4.79 Å². The number of ether oxygens (including phenoxy) is 1. The van der Waals surface area contributed by atoms with Gasteiger partial charge in [0.2, 0.25) is 0 Å². The molecule has 4 saturated carbocycles. The van der Waals surface area contributed by atoms with E-state index < -0.39 is 58.1 Å². The molecule has 212 valence electrons. The summed E-state index contributed by atoms with van der Waals surface area (Å²) in [6, 6.07) is 0. The first-order chi connectivity index (χ1) is 18.3. The molecule has 0 amide bonds. The van der Waals surface area contributed by atoms with Gasteiger partial charge >= 0.3 is 5.97 Å². The van der Waals surface area contributed by atoms with Crippen molar-refractivity contribution < 1.29 is 37.0 Å². The maximum Gasteiger partial charge on any atom is 0.344 e. The first kappa shape index (κ1) is 27.9. The Kier molecular flexibility index (Phi) is 6.99. The Morgan fingerprint density at radius 3 is 2.28 bits per heavy atom. The number of aliphatic hydroxyl groups excluding tert-OH is 1. The minimum absolute atomic E-state index is 0.0408. The SMILES string of the molecule is CC(=O)[C@H]1CC[C@H]2[C@@H]3CC[C@H]4C[C@H](O)CC[C@]4(C)[C@H]3[C@@H](OC(=O)c3c(F)c(F)c(N=[N+]=[N-])c(F)c3F)C[C@]12C. The molecular weight excluding hydrogens is 518 g/mol. The lowest BCUT2D eigenvalue weighted by molar-refractivity contribution is -0.179. The van der Waals surface area contributed by atoms with E-state index in [0.29, 0.717) is 25.7 Å². The molecule has 0 bridgehead atoms. The van der Waals surface area contributed by atoms with Crippen LogP contribution in [-0.2, 0) is 9.53 Å². The highest BCUT2D eigenvalue weighted by Gasteiger charge is 2.64. The topological polar surface area (TPSA) is 112 Å². The summed E-state index contributed by atoms with van der Waals surface area (Å²) in [5.74, 6) is -9.47. The third-order valence-electron chi connectivity index (χ3n) is 10.9. The predicted molar refractivity (Wildman–Crippen MR) is 132 cm³/mol. The second kappa shape index (κ2) is 9.77. The largest absolute Gasteiger partial charge is 0.458 e. The number of carbonyl (C=O) groups excluding carboxylic acids is 2. The molecule has 9 atom stereocenters. The normalized spacial score (nSPS) is 39.1. The van der Waals surface area contributed by atoms with Gasteiger partial charge in [-0.1, -0.05) is 19.0 Å². The summed E-state index contributed by atoms with van der Waals surface area (Å²) >= 11 is 0. The molecule has 39 heavy (non-hydrogen) atoms. The molecule has 4 fully saturated rings. The highest BCUT2D eigenvalue weighted by molar-refractivity contribution is 5.91. The van der Waals surface area contributed by atoms with Gasteiger partial charge in [0.15, 0.2) is 23.3 Å². The Bertz CT molecular complexity index is 1240. The summed E-state index contributed by atoms with van der Waals surface area (Å²) in [6.45, 7) is 5.69. The number of esters is 1. The Labute approximate surface area is 223 Å².